The van der Waals surface area contributed by atoms with E-state index in [-0.39, 0.29) is 5.54 Å². The monoisotopic (exact) mass is 233 g/mol. The molecule has 2 aliphatic rings. The van der Waals surface area contributed by atoms with Crippen molar-refractivity contribution in [3.05, 3.63) is 23.8 Å². The van der Waals surface area contributed by atoms with Crippen molar-refractivity contribution in [1.29, 1.82) is 0 Å². The van der Waals surface area contributed by atoms with Crippen molar-refractivity contribution in [3.63, 3.8) is 0 Å². The lowest BCUT2D eigenvalue weighted by Crippen LogP contribution is -2.55. The van der Waals surface area contributed by atoms with E-state index in [2.05, 4.69) is 51.4 Å². The summed E-state index contributed by atoms with van der Waals surface area (Å²) < 4.78 is 0. The van der Waals surface area contributed by atoms with E-state index in [1.807, 2.05) is 0 Å². The number of allylic oxidation sites excluding steroid dienone is 2. The van der Waals surface area contributed by atoms with E-state index in [1.165, 1.54) is 25.7 Å². The predicted molar refractivity (Wildman–Crippen MR) is 75.0 cm³/mol. The van der Waals surface area contributed by atoms with Gasteiger partial charge in [0.1, 0.15) is 0 Å². The van der Waals surface area contributed by atoms with E-state index in [4.69, 9.17) is 0 Å². The van der Waals surface area contributed by atoms with Crippen LogP contribution in [0.4, 0.5) is 0 Å². The topological polar surface area (TPSA) is 12.0 Å². The third kappa shape index (κ3) is 2.10. The summed E-state index contributed by atoms with van der Waals surface area (Å²) >= 11 is 0. The van der Waals surface area contributed by atoms with Crippen LogP contribution in [0.1, 0.15) is 46.5 Å². The minimum Gasteiger partial charge on any atom is -0.310 e. The molecule has 0 radical (unpaired) electrons. The van der Waals surface area contributed by atoms with Crippen LogP contribution in [0.5, 0.6) is 0 Å². The first-order valence-electron chi connectivity index (χ1n) is 7.23. The zero-order valence-electron chi connectivity index (χ0n) is 11.8. The molecule has 1 heteroatoms. The third-order valence-corrected chi connectivity index (χ3v) is 4.87. The van der Waals surface area contributed by atoms with Gasteiger partial charge in [-0.2, -0.15) is 0 Å². The minimum atomic E-state index is 0.261. The van der Waals surface area contributed by atoms with E-state index in [0.29, 0.717) is 5.92 Å². The Morgan fingerprint density at radius 3 is 2.82 bits per heavy atom. The van der Waals surface area contributed by atoms with Gasteiger partial charge in [-0.05, 0) is 49.6 Å². The summed E-state index contributed by atoms with van der Waals surface area (Å²) in [5, 5.41) is 3.69. The van der Waals surface area contributed by atoms with Gasteiger partial charge in [-0.25, -0.2) is 0 Å². The highest BCUT2D eigenvalue weighted by molar-refractivity contribution is 5.39. The molecule has 2 unspecified atom stereocenters. The molecular weight excluding hydrogens is 206 g/mol. The van der Waals surface area contributed by atoms with Crippen LogP contribution < -0.4 is 5.32 Å². The Morgan fingerprint density at radius 1 is 1.41 bits per heavy atom. The summed E-state index contributed by atoms with van der Waals surface area (Å²) in [7, 11) is 2.15. The Hall–Kier alpha value is -0.560. The zero-order chi connectivity index (χ0) is 12.5. The number of hydrogen-bond donors (Lipinski definition) is 1. The summed E-state index contributed by atoms with van der Waals surface area (Å²) in [6.45, 7) is 7.03. The Labute approximate surface area is 106 Å². The van der Waals surface area contributed by atoms with E-state index in [1.54, 1.807) is 5.57 Å². The van der Waals surface area contributed by atoms with Crippen LogP contribution in [0.2, 0.25) is 0 Å². The van der Waals surface area contributed by atoms with Crippen molar-refractivity contribution in [1.82, 2.24) is 5.32 Å². The number of fused-ring (bicyclic) bond motifs is 1. The fourth-order valence-corrected chi connectivity index (χ4v) is 3.86. The number of likely N-dealkylation sites (N-methyl/N-ethyl adjacent to an activating group) is 1. The van der Waals surface area contributed by atoms with Gasteiger partial charge in [0.05, 0.1) is 0 Å². The van der Waals surface area contributed by atoms with Crippen LogP contribution in [0.25, 0.3) is 0 Å². The second kappa shape index (κ2) is 4.97. The summed E-state index contributed by atoms with van der Waals surface area (Å²) in [6.07, 6.45) is 12.5. The number of hydrogen-bond acceptors (Lipinski definition) is 1. The van der Waals surface area contributed by atoms with Gasteiger partial charge in [0.15, 0.2) is 0 Å². The first-order chi connectivity index (χ1) is 8.14. The van der Waals surface area contributed by atoms with Crippen LogP contribution in [-0.2, 0) is 0 Å². The molecule has 0 saturated carbocycles. The molecule has 0 heterocycles. The lowest BCUT2D eigenvalue weighted by atomic mass is 9.61. The molecule has 0 amide bonds. The smallest absolute Gasteiger partial charge is 0.0463 e. The summed E-state index contributed by atoms with van der Waals surface area (Å²) in [5.74, 6) is 2.21. The lowest BCUT2D eigenvalue weighted by molar-refractivity contribution is 0.171. The molecule has 0 bridgehead atoms. The van der Waals surface area contributed by atoms with Crippen molar-refractivity contribution in [2.45, 2.75) is 52.0 Å². The van der Waals surface area contributed by atoms with Crippen LogP contribution in [0.3, 0.4) is 0 Å². The molecule has 1 nitrogen and oxygen atoms in total. The maximum absolute atomic E-state index is 3.69. The van der Waals surface area contributed by atoms with Crippen molar-refractivity contribution in [2.24, 2.45) is 17.8 Å². The Bertz CT molecular complexity index is 328. The molecule has 0 aromatic heterocycles. The van der Waals surface area contributed by atoms with E-state index in [9.17, 15) is 0 Å². The highest BCUT2D eigenvalue weighted by atomic mass is 15.0. The first-order valence-corrected chi connectivity index (χ1v) is 7.23. The van der Waals surface area contributed by atoms with Crippen LogP contribution in [-0.4, -0.2) is 12.6 Å². The molecule has 96 valence electrons. The summed E-state index contributed by atoms with van der Waals surface area (Å²) in [4.78, 5) is 0. The van der Waals surface area contributed by atoms with Crippen molar-refractivity contribution >= 4 is 0 Å². The number of rotatable bonds is 3. The fraction of sp³-hybridized carbons (Fsp3) is 0.750. The molecule has 0 spiro atoms. The van der Waals surface area contributed by atoms with E-state index in [0.717, 1.165) is 11.8 Å². The van der Waals surface area contributed by atoms with Gasteiger partial charge in [-0.1, -0.05) is 45.4 Å². The highest BCUT2D eigenvalue weighted by Gasteiger charge is 2.44. The molecule has 2 rings (SSSR count). The molecule has 2 aliphatic carbocycles. The summed E-state index contributed by atoms with van der Waals surface area (Å²) in [6, 6.07) is 0. The van der Waals surface area contributed by atoms with Gasteiger partial charge in [0.2, 0.25) is 0 Å². The van der Waals surface area contributed by atoms with Crippen molar-refractivity contribution in [3.8, 4) is 0 Å². The van der Waals surface area contributed by atoms with E-state index >= 15 is 0 Å². The molecule has 0 fully saturated rings. The fourth-order valence-electron chi connectivity index (χ4n) is 3.86. The highest BCUT2D eigenvalue weighted by Crippen LogP contribution is 2.46. The van der Waals surface area contributed by atoms with Gasteiger partial charge in [-0.15, -0.1) is 0 Å². The van der Waals surface area contributed by atoms with Crippen LogP contribution in [0, 0.1) is 17.8 Å². The Balaban J connectivity index is 2.40. The van der Waals surface area contributed by atoms with Gasteiger partial charge >= 0.3 is 0 Å². The maximum Gasteiger partial charge on any atom is 0.0463 e. The first kappa shape index (κ1) is 12.9. The molecule has 0 aromatic rings. The Kier molecular flexibility index (Phi) is 3.77. The second-order valence-electron chi connectivity index (χ2n) is 5.97. The molecule has 1 N–H and O–H groups in total. The molecule has 0 aliphatic heterocycles. The molecule has 0 aromatic carbocycles. The molecular formula is C16H27N. The molecule has 0 saturated heterocycles. The largest absolute Gasteiger partial charge is 0.310 e. The van der Waals surface area contributed by atoms with Crippen LogP contribution >= 0.6 is 0 Å². The van der Waals surface area contributed by atoms with Gasteiger partial charge in [-0.3, -0.25) is 0 Å². The Morgan fingerprint density at radius 2 is 2.18 bits per heavy atom. The quantitative estimate of drug-likeness (QED) is 0.779. The SMILES string of the molecule is CCCC1[C@@H](C)C=CC2=C[C@H](C)CCC21NC. The average Bonchev–Trinajstić information content (AvgIpc) is 2.33. The predicted octanol–water partition coefficient (Wildman–Crippen LogP) is 3.92. The standard InChI is InChI=1S/C16H27N/c1-5-6-15-13(3)7-8-14-11-12(2)9-10-16(14,15)17-4/h7-8,11-13,15,17H,5-6,9-10H2,1-4H3/t12-,13+,15?,16?/m1/s1. The normalized spacial score (nSPS) is 40.9. The maximum atomic E-state index is 3.69. The number of nitrogens with one attached hydrogen (secondary N) is 1. The lowest BCUT2D eigenvalue weighted by Gasteiger charge is -2.49. The van der Waals surface area contributed by atoms with Gasteiger partial charge < -0.3 is 5.32 Å². The summed E-state index contributed by atoms with van der Waals surface area (Å²) in [5.41, 5.74) is 1.81. The molecule has 4 atom stereocenters. The van der Waals surface area contributed by atoms with Crippen molar-refractivity contribution in [2.75, 3.05) is 7.05 Å². The van der Waals surface area contributed by atoms with Crippen LogP contribution in [0.15, 0.2) is 23.8 Å². The van der Waals surface area contributed by atoms with Gasteiger partial charge in [0, 0.05) is 5.54 Å². The second-order valence-corrected chi connectivity index (χ2v) is 5.97. The average molecular weight is 233 g/mol. The van der Waals surface area contributed by atoms with E-state index < -0.39 is 0 Å². The molecule has 17 heavy (non-hydrogen) atoms. The zero-order valence-corrected chi connectivity index (χ0v) is 11.8. The van der Waals surface area contributed by atoms with Gasteiger partial charge in [0.25, 0.3) is 0 Å². The van der Waals surface area contributed by atoms with Crippen molar-refractivity contribution < 1.29 is 0 Å². The minimum absolute atomic E-state index is 0.261. The third-order valence-electron chi connectivity index (χ3n) is 4.87.